The molecule has 6 heteroatoms. The minimum Gasteiger partial charge on any atom is -0.455 e. The summed E-state index contributed by atoms with van der Waals surface area (Å²) < 4.78 is 5.88. The van der Waals surface area contributed by atoms with Gasteiger partial charge in [0.15, 0.2) is 5.76 Å². The molecule has 6 nitrogen and oxygen atoms in total. The summed E-state index contributed by atoms with van der Waals surface area (Å²) in [6, 6.07) is 8.37. The molecular formula is C21H28N4O2. The number of aromatic nitrogens is 1. The van der Waals surface area contributed by atoms with Crippen LogP contribution in [0.5, 0.6) is 0 Å². The van der Waals surface area contributed by atoms with Gasteiger partial charge in [0.2, 0.25) is 0 Å². The third kappa shape index (κ3) is 4.06. The topological polar surface area (TPSA) is 52.8 Å². The average Bonchev–Trinajstić information content (AvgIpc) is 3.17. The molecule has 2 bridgehead atoms. The first-order valence-electron chi connectivity index (χ1n) is 9.76. The number of carbonyl (C=O) groups excluding carboxylic acids is 1. The van der Waals surface area contributed by atoms with Gasteiger partial charge in [-0.05, 0) is 55.6 Å². The van der Waals surface area contributed by atoms with E-state index in [4.69, 9.17) is 4.42 Å². The van der Waals surface area contributed by atoms with E-state index in [9.17, 15) is 4.79 Å². The zero-order valence-electron chi connectivity index (χ0n) is 16.2. The number of rotatable bonds is 6. The van der Waals surface area contributed by atoms with Crippen molar-refractivity contribution in [1.29, 1.82) is 0 Å². The Hall–Kier alpha value is -2.18. The molecule has 3 fully saturated rings. The second-order valence-electron chi connectivity index (χ2n) is 7.94. The molecular weight excluding hydrogens is 340 g/mol. The first-order chi connectivity index (χ1) is 13.1. The third-order valence-electron chi connectivity index (χ3n) is 5.84. The van der Waals surface area contributed by atoms with E-state index >= 15 is 0 Å². The summed E-state index contributed by atoms with van der Waals surface area (Å²) in [6.07, 6.45) is 6.30. The van der Waals surface area contributed by atoms with Crippen LogP contribution in [0, 0.1) is 5.92 Å². The lowest BCUT2D eigenvalue weighted by molar-refractivity contribution is -0.00536. The standard InChI is InChI=1S/C21H28N4O2/c1-23(2)21(26)20-6-5-18(27-20)14-25(13-16-4-3-9-22-12-16)19-15-24-10-7-17(19)8-11-24/h3-6,9,12,17,19H,7-8,10-11,13-15H2,1-2H3/t19-/m0/s1. The van der Waals surface area contributed by atoms with Crippen molar-refractivity contribution >= 4 is 5.91 Å². The van der Waals surface area contributed by atoms with Crippen molar-refractivity contribution < 1.29 is 9.21 Å². The fourth-order valence-corrected chi connectivity index (χ4v) is 4.36. The summed E-state index contributed by atoms with van der Waals surface area (Å²) >= 11 is 0. The van der Waals surface area contributed by atoms with Crippen molar-refractivity contribution in [2.75, 3.05) is 33.7 Å². The molecule has 2 aromatic heterocycles. The summed E-state index contributed by atoms with van der Waals surface area (Å²) in [4.78, 5) is 23.0. The number of nitrogens with zero attached hydrogens (tertiary/aromatic N) is 4. The fraction of sp³-hybridized carbons (Fsp3) is 0.524. The lowest BCUT2D eigenvalue weighted by Gasteiger charge is -2.49. The number of hydrogen-bond donors (Lipinski definition) is 0. The number of furan rings is 1. The summed E-state index contributed by atoms with van der Waals surface area (Å²) in [5.41, 5.74) is 1.21. The smallest absolute Gasteiger partial charge is 0.289 e. The van der Waals surface area contributed by atoms with Crippen LogP contribution in [0.2, 0.25) is 0 Å². The van der Waals surface area contributed by atoms with E-state index in [1.807, 2.05) is 24.5 Å². The van der Waals surface area contributed by atoms with Gasteiger partial charge in [0.25, 0.3) is 5.91 Å². The highest BCUT2D eigenvalue weighted by Crippen LogP contribution is 2.32. The van der Waals surface area contributed by atoms with E-state index in [-0.39, 0.29) is 5.91 Å². The first-order valence-corrected chi connectivity index (χ1v) is 9.76. The van der Waals surface area contributed by atoms with E-state index < -0.39 is 0 Å². The molecule has 27 heavy (non-hydrogen) atoms. The summed E-state index contributed by atoms with van der Waals surface area (Å²) in [5.74, 6) is 1.90. The number of pyridine rings is 1. The zero-order chi connectivity index (χ0) is 18.8. The maximum absolute atomic E-state index is 12.1. The first kappa shape index (κ1) is 18.2. The molecule has 0 radical (unpaired) electrons. The molecule has 5 rings (SSSR count). The maximum atomic E-state index is 12.1. The Morgan fingerprint density at radius 3 is 2.67 bits per heavy atom. The Kier molecular flexibility index (Phi) is 5.27. The largest absolute Gasteiger partial charge is 0.455 e. The highest BCUT2D eigenvalue weighted by atomic mass is 16.4. The second-order valence-corrected chi connectivity index (χ2v) is 7.94. The minimum atomic E-state index is -0.0945. The van der Waals surface area contributed by atoms with E-state index in [1.54, 1.807) is 25.1 Å². The van der Waals surface area contributed by atoms with Crippen LogP contribution >= 0.6 is 0 Å². The summed E-state index contributed by atoms with van der Waals surface area (Å²) in [6.45, 7) is 5.13. The molecule has 5 heterocycles. The Labute approximate surface area is 160 Å². The normalized spacial score (nSPS) is 24.3. The molecule has 0 saturated carbocycles. The van der Waals surface area contributed by atoms with Crippen LogP contribution in [0.3, 0.4) is 0 Å². The van der Waals surface area contributed by atoms with Gasteiger partial charge in [0, 0.05) is 45.6 Å². The molecule has 0 aliphatic carbocycles. The van der Waals surface area contributed by atoms with Gasteiger partial charge in [0.1, 0.15) is 5.76 Å². The lowest BCUT2D eigenvalue weighted by atomic mass is 9.83. The molecule has 3 aliphatic rings. The predicted molar refractivity (Wildman–Crippen MR) is 103 cm³/mol. The number of amides is 1. The number of hydrogen-bond acceptors (Lipinski definition) is 5. The highest BCUT2D eigenvalue weighted by molar-refractivity contribution is 5.91. The third-order valence-corrected chi connectivity index (χ3v) is 5.84. The highest BCUT2D eigenvalue weighted by Gasteiger charge is 2.37. The van der Waals surface area contributed by atoms with Crippen molar-refractivity contribution in [2.45, 2.75) is 32.0 Å². The van der Waals surface area contributed by atoms with E-state index in [0.717, 1.165) is 24.8 Å². The van der Waals surface area contributed by atoms with Crippen LogP contribution < -0.4 is 0 Å². The Balaban J connectivity index is 1.54. The quantitative estimate of drug-likeness (QED) is 0.784. The van der Waals surface area contributed by atoms with Crippen LogP contribution in [0.25, 0.3) is 0 Å². The molecule has 2 aromatic rings. The summed E-state index contributed by atoms with van der Waals surface area (Å²) in [7, 11) is 3.49. The zero-order valence-corrected chi connectivity index (χ0v) is 16.2. The predicted octanol–water partition coefficient (Wildman–Crippen LogP) is 2.47. The summed E-state index contributed by atoms with van der Waals surface area (Å²) in [5, 5.41) is 0. The molecule has 0 N–H and O–H groups in total. The second kappa shape index (κ2) is 7.82. The lowest BCUT2D eigenvalue weighted by Crippen LogP contribution is -2.56. The molecule has 0 spiro atoms. The van der Waals surface area contributed by atoms with Crippen LogP contribution in [-0.2, 0) is 13.1 Å². The van der Waals surface area contributed by atoms with Crippen molar-refractivity contribution in [3.8, 4) is 0 Å². The molecule has 3 aliphatic heterocycles. The van der Waals surface area contributed by atoms with E-state index in [2.05, 4.69) is 20.9 Å². The molecule has 0 unspecified atom stereocenters. The molecule has 3 saturated heterocycles. The van der Waals surface area contributed by atoms with Crippen LogP contribution in [-0.4, -0.2) is 65.4 Å². The monoisotopic (exact) mass is 368 g/mol. The van der Waals surface area contributed by atoms with Crippen molar-refractivity contribution in [2.24, 2.45) is 5.92 Å². The molecule has 144 valence electrons. The van der Waals surface area contributed by atoms with Crippen molar-refractivity contribution in [3.05, 3.63) is 53.7 Å². The molecule has 1 atom stereocenters. The Morgan fingerprint density at radius 1 is 1.22 bits per heavy atom. The van der Waals surface area contributed by atoms with Gasteiger partial charge in [-0.25, -0.2) is 0 Å². The van der Waals surface area contributed by atoms with Gasteiger partial charge in [0.05, 0.1) is 6.54 Å². The van der Waals surface area contributed by atoms with Crippen LogP contribution in [0.1, 0.15) is 34.7 Å². The number of carbonyl (C=O) groups is 1. The van der Waals surface area contributed by atoms with Gasteiger partial charge in [-0.15, -0.1) is 0 Å². The SMILES string of the molecule is CN(C)C(=O)c1ccc(CN(Cc2cccnc2)[C@H]2CN3CCC2CC3)o1. The molecule has 0 aromatic carbocycles. The Bertz CT molecular complexity index is 765. The van der Waals surface area contributed by atoms with Gasteiger partial charge in [-0.1, -0.05) is 6.07 Å². The van der Waals surface area contributed by atoms with Crippen molar-refractivity contribution in [1.82, 2.24) is 19.7 Å². The van der Waals surface area contributed by atoms with Crippen LogP contribution in [0.15, 0.2) is 41.1 Å². The Morgan fingerprint density at radius 2 is 2.04 bits per heavy atom. The molecule has 1 amide bonds. The maximum Gasteiger partial charge on any atom is 0.289 e. The van der Waals surface area contributed by atoms with Crippen LogP contribution in [0.4, 0.5) is 0 Å². The number of piperidine rings is 3. The number of fused-ring (bicyclic) bond motifs is 3. The van der Waals surface area contributed by atoms with Gasteiger partial charge < -0.3 is 14.2 Å². The van der Waals surface area contributed by atoms with E-state index in [1.165, 1.54) is 31.5 Å². The van der Waals surface area contributed by atoms with E-state index in [0.29, 0.717) is 18.3 Å². The fourth-order valence-electron chi connectivity index (χ4n) is 4.36. The van der Waals surface area contributed by atoms with Gasteiger partial charge in [-0.3, -0.25) is 14.7 Å². The van der Waals surface area contributed by atoms with Gasteiger partial charge in [-0.2, -0.15) is 0 Å². The minimum absolute atomic E-state index is 0.0945. The van der Waals surface area contributed by atoms with Crippen molar-refractivity contribution in [3.63, 3.8) is 0 Å². The average molecular weight is 368 g/mol. The van der Waals surface area contributed by atoms with Gasteiger partial charge >= 0.3 is 0 Å².